The molecule has 2 rings (SSSR count). The number of alkyl halides is 3. The number of nitrogens with zero attached hydrogens (tertiary/aromatic N) is 1. The molecule has 0 spiro atoms. The van der Waals surface area contributed by atoms with E-state index in [-0.39, 0.29) is 13.0 Å². The molecule has 0 radical (unpaired) electrons. The van der Waals surface area contributed by atoms with Crippen LogP contribution in [0, 0.1) is 5.92 Å². The van der Waals surface area contributed by atoms with Gasteiger partial charge in [-0.1, -0.05) is 43.7 Å². The minimum absolute atomic E-state index is 0.0381. The van der Waals surface area contributed by atoms with Gasteiger partial charge in [-0.05, 0) is 18.4 Å². The Bertz CT molecular complexity index is 536. The molecule has 1 heterocycles. The predicted octanol–water partition coefficient (Wildman–Crippen LogP) is 3.39. The highest BCUT2D eigenvalue weighted by atomic mass is 19.4. The molecule has 24 heavy (non-hydrogen) atoms. The van der Waals surface area contributed by atoms with Crippen molar-refractivity contribution in [3.05, 3.63) is 35.9 Å². The van der Waals surface area contributed by atoms with Crippen molar-refractivity contribution < 1.29 is 27.8 Å². The van der Waals surface area contributed by atoms with Gasteiger partial charge in [0.2, 0.25) is 0 Å². The number of aliphatic hydroxyl groups excluding tert-OH is 1. The number of hydrogen-bond acceptors (Lipinski definition) is 3. The lowest BCUT2D eigenvalue weighted by Crippen LogP contribution is -2.47. The second-order valence-electron chi connectivity index (χ2n) is 6.08. The molecule has 1 saturated heterocycles. The molecule has 0 aliphatic carbocycles. The summed E-state index contributed by atoms with van der Waals surface area (Å²) >= 11 is 0. The first-order valence-corrected chi connectivity index (χ1v) is 8.05. The van der Waals surface area contributed by atoms with E-state index in [1.807, 2.05) is 30.3 Å². The number of hydrogen-bond donors (Lipinski definition) is 1. The Morgan fingerprint density at radius 3 is 2.58 bits per heavy atom. The van der Waals surface area contributed by atoms with E-state index >= 15 is 0 Å². The fraction of sp³-hybridized carbons (Fsp3) is 0.588. The van der Waals surface area contributed by atoms with Crippen molar-refractivity contribution in [2.75, 3.05) is 13.2 Å². The van der Waals surface area contributed by atoms with Gasteiger partial charge in [-0.15, -0.1) is 0 Å². The standard InChI is InChI=1S/C17H22F3NO3/c1-2-6-15(22)14(17(18,19)20)10-21-13(11-24-16(21)23)9-12-7-4-3-5-8-12/h3-5,7-8,13-15,22H,2,6,9-11H2,1H3/t13-,14-,15-/m0/s1. The van der Waals surface area contributed by atoms with Gasteiger partial charge in [0, 0.05) is 6.54 Å². The molecule has 4 nitrogen and oxygen atoms in total. The van der Waals surface area contributed by atoms with Crippen LogP contribution in [0.15, 0.2) is 30.3 Å². The van der Waals surface area contributed by atoms with Crippen LogP contribution in [0.5, 0.6) is 0 Å². The van der Waals surface area contributed by atoms with Crippen LogP contribution in [0.1, 0.15) is 25.3 Å². The first-order chi connectivity index (χ1) is 11.3. The Kier molecular flexibility index (Phi) is 6.10. The average molecular weight is 345 g/mol. The van der Waals surface area contributed by atoms with Gasteiger partial charge in [0.15, 0.2) is 0 Å². The monoisotopic (exact) mass is 345 g/mol. The van der Waals surface area contributed by atoms with Gasteiger partial charge in [0.05, 0.1) is 18.1 Å². The molecule has 0 unspecified atom stereocenters. The molecule has 1 aromatic carbocycles. The second-order valence-corrected chi connectivity index (χ2v) is 6.08. The van der Waals surface area contributed by atoms with Crippen molar-refractivity contribution in [1.82, 2.24) is 4.90 Å². The molecule has 1 aliphatic rings. The summed E-state index contributed by atoms with van der Waals surface area (Å²) in [5.41, 5.74) is 0.920. The van der Waals surface area contributed by atoms with E-state index < -0.39 is 36.9 Å². The normalized spacial score (nSPS) is 20.8. The molecule has 1 amide bonds. The quantitative estimate of drug-likeness (QED) is 0.824. The fourth-order valence-electron chi connectivity index (χ4n) is 2.92. The molecule has 134 valence electrons. The number of aliphatic hydroxyl groups is 1. The number of benzene rings is 1. The summed E-state index contributed by atoms with van der Waals surface area (Å²) in [5.74, 6) is -1.97. The van der Waals surface area contributed by atoms with E-state index in [1.54, 1.807) is 6.92 Å². The van der Waals surface area contributed by atoms with E-state index in [1.165, 1.54) is 0 Å². The number of amides is 1. The number of halogens is 3. The zero-order valence-corrected chi connectivity index (χ0v) is 13.5. The summed E-state index contributed by atoms with van der Waals surface area (Å²) in [5, 5.41) is 9.87. The third-order valence-corrected chi connectivity index (χ3v) is 4.25. The summed E-state index contributed by atoms with van der Waals surface area (Å²) in [7, 11) is 0. The van der Waals surface area contributed by atoms with Crippen molar-refractivity contribution in [2.45, 2.75) is 44.5 Å². The maximum atomic E-state index is 13.3. The third-order valence-electron chi connectivity index (χ3n) is 4.25. The van der Waals surface area contributed by atoms with Crippen LogP contribution in [-0.2, 0) is 11.2 Å². The average Bonchev–Trinajstić information content (AvgIpc) is 2.85. The SMILES string of the molecule is CCC[C@H](O)[C@H](CN1C(=O)OC[C@@H]1Cc1ccccc1)C(F)(F)F. The van der Waals surface area contributed by atoms with Gasteiger partial charge < -0.3 is 14.7 Å². The number of carbonyl (C=O) groups excluding carboxylic acids is 1. The predicted molar refractivity (Wildman–Crippen MR) is 82.4 cm³/mol. The Labute approximate surface area is 139 Å². The second kappa shape index (κ2) is 7.88. The Hall–Kier alpha value is -1.76. The van der Waals surface area contributed by atoms with Crippen molar-refractivity contribution in [2.24, 2.45) is 5.92 Å². The van der Waals surface area contributed by atoms with Crippen LogP contribution in [-0.4, -0.2) is 47.6 Å². The van der Waals surface area contributed by atoms with Crippen molar-refractivity contribution in [3.63, 3.8) is 0 Å². The third kappa shape index (κ3) is 4.63. The van der Waals surface area contributed by atoms with Crippen molar-refractivity contribution in [1.29, 1.82) is 0 Å². The van der Waals surface area contributed by atoms with Gasteiger partial charge in [0.1, 0.15) is 6.61 Å². The van der Waals surface area contributed by atoms with Crippen LogP contribution in [0.3, 0.4) is 0 Å². The zero-order valence-electron chi connectivity index (χ0n) is 13.5. The molecule has 1 fully saturated rings. The lowest BCUT2D eigenvalue weighted by atomic mass is 9.96. The van der Waals surface area contributed by atoms with E-state index in [4.69, 9.17) is 4.74 Å². The molecule has 0 bridgehead atoms. The van der Waals surface area contributed by atoms with E-state index in [2.05, 4.69) is 0 Å². The molecule has 7 heteroatoms. The number of carbonyl (C=O) groups is 1. The highest BCUT2D eigenvalue weighted by Crippen LogP contribution is 2.33. The first-order valence-electron chi connectivity index (χ1n) is 8.05. The topological polar surface area (TPSA) is 49.8 Å². The fourth-order valence-corrected chi connectivity index (χ4v) is 2.92. The van der Waals surface area contributed by atoms with Crippen LogP contribution in [0.4, 0.5) is 18.0 Å². The lowest BCUT2D eigenvalue weighted by molar-refractivity contribution is -0.203. The molecular weight excluding hydrogens is 323 g/mol. The summed E-state index contributed by atoms with van der Waals surface area (Å²) < 4.78 is 44.8. The maximum Gasteiger partial charge on any atom is 0.410 e. The first kappa shape index (κ1) is 18.6. The molecule has 3 atom stereocenters. The smallest absolute Gasteiger partial charge is 0.410 e. The Balaban J connectivity index is 2.12. The summed E-state index contributed by atoms with van der Waals surface area (Å²) in [6.45, 7) is 1.18. The van der Waals surface area contributed by atoms with Crippen molar-refractivity contribution >= 4 is 6.09 Å². The highest BCUT2D eigenvalue weighted by molar-refractivity contribution is 5.70. The molecule has 1 N–H and O–H groups in total. The molecule has 0 aromatic heterocycles. The van der Waals surface area contributed by atoms with Gasteiger partial charge in [0.25, 0.3) is 0 Å². The highest BCUT2D eigenvalue weighted by Gasteiger charge is 2.47. The van der Waals surface area contributed by atoms with Crippen LogP contribution in [0.25, 0.3) is 0 Å². The minimum atomic E-state index is -4.57. The minimum Gasteiger partial charge on any atom is -0.447 e. The van der Waals surface area contributed by atoms with Crippen LogP contribution < -0.4 is 0 Å². The summed E-state index contributed by atoms with van der Waals surface area (Å²) in [4.78, 5) is 13.0. The van der Waals surface area contributed by atoms with Gasteiger partial charge >= 0.3 is 12.3 Å². The summed E-state index contributed by atoms with van der Waals surface area (Å²) in [6, 6.07) is 8.76. The number of cyclic esters (lactones) is 1. The van der Waals surface area contributed by atoms with Crippen LogP contribution in [0.2, 0.25) is 0 Å². The maximum absolute atomic E-state index is 13.3. The summed E-state index contributed by atoms with van der Waals surface area (Å²) in [6.07, 6.45) is -5.97. The number of rotatable bonds is 7. The molecule has 1 aromatic rings. The van der Waals surface area contributed by atoms with E-state index in [0.29, 0.717) is 12.8 Å². The largest absolute Gasteiger partial charge is 0.447 e. The Morgan fingerprint density at radius 2 is 2.00 bits per heavy atom. The van der Waals surface area contributed by atoms with Gasteiger partial charge in [-0.25, -0.2) is 4.79 Å². The van der Waals surface area contributed by atoms with Gasteiger partial charge in [-0.3, -0.25) is 0 Å². The Morgan fingerprint density at radius 1 is 1.33 bits per heavy atom. The molecule has 1 aliphatic heterocycles. The van der Waals surface area contributed by atoms with Crippen LogP contribution >= 0.6 is 0 Å². The lowest BCUT2D eigenvalue weighted by Gasteiger charge is -2.31. The van der Waals surface area contributed by atoms with Gasteiger partial charge in [-0.2, -0.15) is 13.2 Å². The molecular formula is C17H22F3NO3. The zero-order chi connectivity index (χ0) is 17.7. The van der Waals surface area contributed by atoms with E-state index in [9.17, 15) is 23.1 Å². The number of ether oxygens (including phenoxy) is 1. The van der Waals surface area contributed by atoms with Crippen molar-refractivity contribution in [3.8, 4) is 0 Å². The van der Waals surface area contributed by atoms with E-state index in [0.717, 1.165) is 10.5 Å². The molecule has 0 saturated carbocycles.